The number of nitrogen functional groups attached to an aromatic ring is 1. The third-order valence-electron chi connectivity index (χ3n) is 2.26. The summed E-state index contributed by atoms with van der Waals surface area (Å²) in [5.41, 5.74) is 7.52. The molecular formula is C10H14ClNO2S. The minimum atomic E-state index is -1.03. The van der Waals surface area contributed by atoms with Gasteiger partial charge in [-0.3, -0.25) is 0 Å². The second kappa shape index (κ2) is 5.07. The highest BCUT2D eigenvalue weighted by Gasteiger charge is 2.20. The molecule has 4 N–H and O–H groups in total. The van der Waals surface area contributed by atoms with E-state index >= 15 is 0 Å². The molecule has 0 aromatic heterocycles. The van der Waals surface area contributed by atoms with Crippen molar-refractivity contribution in [2.75, 3.05) is 11.5 Å². The number of nitrogens with two attached hydrogens (primary N) is 1. The van der Waals surface area contributed by atoms with Crippen LogP contribution in [-0.2, 0) is 0 Å². The van der Waals surface area contributed by atoms with Gasteiger partial charge < -0.3 is 15.9 Å². The van der Waals surface area contributed by atoms with E-state index in [4.69, 9.17) is 17.3 Å². The maximum absolute atomic E-state index is 9.76. The van der Waals surface area contributed by atoms with E-state index in [9.17, 15) is 10.2 Å². The first-order valence-corrected chi connectivity index (χ1v) is 5.51. The Hall–Kier alpha value is -0.420. The number of anilines is 1. The number of aliphatic hydroxyl groups is 2. The summed E-state index contributed by atoms with van der Waals surface area (Å²) in [5, 5.41) is 19.6. The predicted molar refractivity (Wildman–Crippen MR) is 65.4 cm³/mol. The lowest BCUT2D eigenvalue weighted by atomic mass is 10.0. The van der Waals surface area contributed by atoms with Crippen LogP contribution in [0, 0.1) is 6.92 Å². The average Bonchev–Trinajstić information content (AvgIpc) is 2.21. The van der Waals surface area contributed by atoms with E-state index in [2.05, 4.69) is 12.6 Å². The van der Waals surface area contributed by atoms with E-state index in [1.807, 2.05) is 6.92 Å². The van der Waals surface area contributed by atoms with Crippen LogP contribution in [0.3, 0.4) is 0 Å². The third kappa shape index (κ3) is 2.78. The van der Waals surface area contributed by atoms with E-state index in [0.717, 1.165) is 5.56 Å². The van der Waals surface area contributed by atoms with Crippen molar-refractivity contribution in [2.45, 2.75) is 19.1 Å². The normalized spacial score (nSPS) is 15.0. The number of aliphatic hydroxyl groups excluding tert-OH is 2. The first kappa shape index (κ1) is 12.6. The van der Waals surface area contributed by atoms with Gasteiger partial charge in [0.15, 0.2) is 0 Å². The Bertz CT molecular complexity index is 360. The molecular weight excluding hydrogens is 234 g/mol. The zero-order valence-corrected chi connectivity index (χ0v) is 9.96. The van der Waals surface area contributed by atoms with Crippen molar-refractivity contribution >= 4 is 29.9 Å². The summed E-state index contributed by atoms with van der Waals surface area (Å²) >= 11 is 9.83. The number of benzene rings is 1. The number of thiol groups is 1. The van der Waals surface area contributed by atoms with Crippen LogP contribution in [0.1, 0.15) is 17.2 Å². The summed E-state index contributed by atoms with van der Waals surface area (Å²) in [5.74, 6) is 0.168. The molecule has 5 heteroatoms. The van der Waals surface area contributed by atoms with Crippen molar-refractivity contribution in [3.8, 4) is 0 Å². The van der Waals surface area contributed by atoms with Gasteiger partial charge in [-0.1, -0.05) is 11.6 Å². The molecule has 0 fully saturated rings. The van der Waals surface area contributed by atoms with Crippen LogP contribution < -0.4 is 5.73 Å². The number of aryl methyl sites for hydroxylation is 1. The smallest absolute Gasteiger partial charge is 0.107 e. The van der Waals surface area contributed by atoms with Crippen molar-refractivity contribution in [3.05, 3.63) is 28.3 Å². The molecule has 0 aliphatic carbocycles. The molecule has 0 saturated heterocycles. The molecule has 0 amide bonds. The van der Waals surface area contributed by atoms with Gasteiger partial charge in [0.25, 0.3) is 0 Å². The Kier molecular flexibility index (Phi) is 4.28. The fourth-order valence-corrected chi connectivity index (χ4v) is 1.74. The molecule has 3 nitrogen and oxygen atoms in total. The number of hydrogen-bond donors (Lipinski definition) is 4. The van der Waals surface area contributed by atoms with Crippen LogP contribution in [0.2, 0.25) is 5.02 Å². The minimum absolute atomic E-state index is 0.168. The van der Waals surface area contributed by atoms with Gasteiger partial charge in [0.2, 0.25) is 0 Å². The van der Waals surface area contributed by atoms with Gasteiger partial charge in [0, 0.05) is 22.0 Å². The van der Waals surface area contributed by atoms with E-state index in [1.165, 1.54) is 0 Å². The second-order valence-corrected chi connectivity index (χ2v) is 4.20. The number of halogens is 1. The SMILES string of the molecule is Cc1cc(C(O)C(O)CS)c(Cl)cc1N. The Balaban J connectivity index is 3.09. The Labute approximate surface area is 99.3 Å². The Morgan fingerprint density at radius 3 is 2.60 bits per heavy atom. The maximum Gasteiger partial charge on any atom is 0.107 e. The van der Waals surface area contributed by atoms with E-state index in [-0.39, 0.29) is 5.75 Å². The topological polar surface area (TPSA) is 66.5 Å². The van der Waals surface area contributed by atoms with Crippen LogP contribution in [0.4, 0.5) is 5.69 Å². The zero-order chi connectivity index (χ0) is 11.6. The van der Waals surface area contributed by atoms with Gasteiger partial charge in [-0.2, -0.15) is 12.6 Å². The molecule has 15 heavy (non-hydrogen) atoms. The summed E-state index contributed by atoms with van der Waals surface area (Å²) in [6.45, 7) is 1.81. The highest BCUT2D eigenvalue weighted by atomic mass is 35.5. The fourth-order valence-electron chi connectivity index (χ4n) is 1.25. The molecule has 0 heterocycles. The summed E-state index contributed by atoms with van der Waals surface area (Å²) in [6, 6.07) is 3.25. The van der Waals surface area contributed by atoms with Gasteiger partial charge in [-0.15, -0.1) is 0 Å². The largest absolute Gasteiger partial charge is 0.398 e. The van der Waals surface area contributed by atoms with E-state index < -0.39 is 12.2 Å². The lowest BCUT2D eigenvalue weighted by Gasteiger charge is -2.18. The molecule has 0 saturated carbocycles. The summed E-state index contributed by atoms with van der Waals surface area (Å²) in [7, 11) is 0. The summed E-state index contributed by atoms with van der Waals surface area (Å²) in [6.07, 6.45) is -1.97. The quantitative estimate of drug-likeness (QED) is 0.484. The first-order valence-electron chi connectivity index (χ1n) is 4.50. The van der Waals surface area contributed by atoms with Crippen molar-refractivity contribution in [1.82, 2.24) is 0 Å². The molecule has 2 unspecified atom stereocenters. The zero-order valence-electron chi connectivity index (χ0n) is 8.31. The molecule has 1 aromatic rings. The molecule has 0 radical (unpaired) electrons. The summed E-state index contributed by atoms with van der Waals surface area (Å²) < 4.78 is 0. The van der Waals surface area contributed by atoms with E-state index in [0.29, 0.717) is 16.3 Å². The monoisotopic (exact) mass is 247 g/mol. The van der Waals surface area contributed by atoms with Crippen LogP contribution in [0.15, 0.2) is 12.1 Å². The maximum atomic E-state index is 9.76. The lowest BCUT2D eigenvalue weighted by Crippen LogP contribution is -2.20. The molecule has 2 atom stereocenters. The van der Waals surface area contributed by atoms with Gasteiger partial charge in [-0.25, -0.2) is 0 Å². The van der Waals surface area contributed by atoms with Gasteiger partial charge >= 0.3 is 0 Å². The number of hydrogen-bond acceptors (Lipinski definition) is 4. The molecule has 0 aliphatic heterocycles. The van der Waals surface area contributed by atoms with Crippen LogP contribution >= 0.6 is 24.2 Å². The molecule has 0 bridgehead atoms. The minimum Gasteiger partial charge on any atom is -0.398 e. The third-order valence-corrected chi connectivity index (χ3v) is 2.96. The van der Waals surface area contributed by atoms with Crippen LogP contribution in [-0.4, -0.2) is 22.1 Å². The predicted octanol–water partition coefficient (Wildman–Crippen LogP) is 1.55. The Morgan fingerprint density at radius 2 is 2.07 bits per heavy atom. The molecule has 1 rings (SSSR count). The fraction of sp³-hybridized carbons (Fsp3) is 0.400. The lowest BCUT2D eigenvalue weighted by molar-refractivity contribution is 0.0338. The molecule has 0 spiro atoms. The van der Waals surface area contributed by atoms with Crippen molar-refractivity contribution in [1.29, 1.82) is 0 Å². The van der Waals surface area contributed by atoms with Crippen LogP contribution in [0.25, 0.3) is 0 Å². The highest BCUT2D eigenvalue weighted by molar-refractivity contribution is 7.80. The van der Waals surface area contributed by atoms with Gasteiger partial charge in [0.1, 0.15) is 6.10 Å². The van der Waals surface area contributed by atoms with Crippen molar-refractivity contribution in [2.24, 2.45) is 0 Å². The number of rotatable bonds is 3. The second-order valence-electron chi connectivity index (χ2n) is 3.43. The molecule has 1 aromatic carbocycles. The van der Waals surface area contributed by atoms with Gasteiger partial charge in [0.05, 0.1) is 6.10 Å². The summed E-state index contributed by atoms with van der Waals surface area (Å²) in [4.78, 5) is 0. The first-order chi connectivity index (χ1) is 6.97. The highest BCUT2D eigenvalue weighted by Crippen LogP contribution is 2.29. The molecule has 84 valence electrons. The Morgan fingerprint density at radius 1 is 1.47 bits per heavy atom. The van der Waals surface area contributed by atoms with E-state index in [1.54, 1.807) is 12.1 Å². The average molecular weight is 248 g/mol. The van der Waals surface area contributed by atoms with Gasteiger partial charge in [-0.05, 0) is 24.6 Å². The molecule has 0 aliphatic rings. The standard InChI is InChI=1S/C10H14ClNO2S/c1-5-2-6(7(11)3-8(5)12)10(14)9(13)4-15/h2-3,9-10,13-15H,4,12H2,1H3. The van der Waals surface area contributed by atoms with Crippen molar-refractivity contribution < 1.29 is 10.2 Å². The van der Waals surface area contributed by atoms with Crippen molar-refractivity contribution in [3.63, 3.8) is 0 Å². The van der Waals surface area contributed by atoms with Crippen LogP contribution in [0.5, 0.6) is 0 Å².